The quantitative estimate of drug-likeness (QED) is 0.687. The summed E-state index contributed by atoms with van der Waals surface area (Å²) in [5.41, 5.74) is 0. The predicted octanol–water partition coefficient (Wildman–Crippen LogP) is 2.39. The van der Waals surface area contributed by atoms with Crippen molar-refractivity contribution in [2.24, 2.45) is 5.92 Å². The number of hydrogen-bond acceptors (Lipinski definition) is 2. The first-order valence-corrected chi connectivity index (χ1v) is 7.33. The highest BCUT2D eigenvalue weighted by atomic mass is 32.7. The van der Waals surface area contributed by atoms with Gasteiger partial charge in [0.05, 0.1) is 0 Å². The molecule has 0 aromatic carbocycles. The third-order valence-electron chi connectivity index (χ3n) is 2.31. The van der Waals surface area contributed by atoms with Gasteiger partial charge in [-0.25, -0.2) is 4.57 Å². The van der Waals surface area contributed by atoms with Crippen molar-refractivity contribution >= 4 is 18.2 Å². The molecule has 12 heavy (non-hydrogen) atoms. The Bertz CT molecular complexity index is 191. The minimum Gasteiger partial charge on any atom is -0.317 e. The van der Waals surface area contributed by atoms with Crippen molar-refractivity contribution in [2.45, 2.75) is 37.9 Å². The van der Waals surface area contributed by atoms with E-state index in [9.17, 15) is 4.57 Å². The van der Waals surface area contributed by atoms with E-state index in [1.165, 1.54) is 6.42 Å². The van der Waals surface area contributed by atoms with Gasteiger partial charge in [0.25, 0.3) is 0 Å². The standard InChI is InChI=1S/C7H15O3PS/c1-6-4-2-3-5-7(6)12-11(8,9)10/h6-7H,2-5H2,1H3,(H2,8,9,10). The Labute approximate surface area is 76.8 Å². The van der Waals surface area contributed by atoms with Crippen LogP contribution < -0.4 is 0 Å². The highest BCUT2D eigenvalue weighted by molar-refractivity contribution is 8.54. The summed E-state index contributed by atoms with van der Waals surface area (Å²) in [4.78, 5) is 17.5. The predicted molar refractivity (Wildman–Crippen MR) is 51.1 cm³/mol. The van der Waals surface area contributed by atoms with Crippen molar-refractivity contribution in [3.63, 3.8) is 0 Å². The minimum atomic E-state index is -3.85. The molecule has 0 aromatic rings. The molecular weight excluding hydrogens is 195 g/mol. The van der Waals surface area contributed by atoms with Crippen LogP contribution in [-0.2, 0) is 4.57 Å². The molecule has 0 aliphatic heterocycles. The molecule has 1 saturated carbocycles. The summed E-state index contributed by atoms with van der Waals surface area (Å²) in [7, 11) is 0. The third kappa shape index (κ3) is 3.48. The Morgan fingerprint density at radius 2 is 1.92 bits per heavy atom. The van der Waals surface area contributed by atoms with Gasteiger partial charge in [-0.15, -0.1) is 0 Å². The molecule has 1 aliphatic rings. The molecule has 2 unspecified atom stereocenters. The molecule has 0 spiro atoms. The molecule has 1 aliphatic carbocycles. The van der Waals surface area contributed by atoms with Gasteiger partial charge in [-0.3, -0.25) is 0 Å². The molecule has 0 aromatic heterocycles. The van der Waals surface area contributed by atoms with Crippen molar-refractivity contribution in [3.05, 3.63) is 0 Å². The van der Waals surface area contributed by atoms with Gasteiger partial charge < -0.3 is 9.79 Å². The van der Waals surface area contributed by atoms with Crippen LogP contribution in [0.5, 0.6) is 0 Å². The van der Waals surface area contributed by atoms with Crippen LogP contribution in [0.25, 0.3) is 0 Å². The number of hydrogen-bond donors (Lipinski definition) is 2. The zero-order valence-corrected chi connectivity index (χ0v) is 8.85. The summed E-state index contributed by atoms with van der Waals surface area (Å²) in [6.45, 7) is -1.78. The molecule has 2 N–H and O–H groups in total. The van der Waals surface area contributed by atoms with Gasteiger partial charge in [-0.1, -0.05) is 19.8 Å². The highest BCUT2D eigenvalue weighted by Crippen LogP contribution is 2.56. The van der Waals surface area contributed by atoms with Crippen LogP contribution in [0.2, 0.25) is 0 Å². The zero-order valence-electron chi connectivity index (χ0n) is 7.14. The lowest BCUT2D eigenvalue weighted by Crippen LogP contribution is -2.18. The zero-order chi connectivity index (χ0) is 9.19. The second kappa shape index (κ2) is 4.14. The summed E-state index contributed by atoms with van der Waals surface area (Å²) in [5, 5.41) is 0.166. The maximum Gasteiger partial charge on any atom is 0.384 e. The van der Waals surface area contributed by atoms with E-state index in [2.05, 4.69) is 6.92 Å². The summed E-state index contributed by atoms with van der Waals surface area (Å²) < 4.78 is 10.7. The Hall–Kier alpha value is 0.500. The van der Waals surface area contributed by atoms with Crippen LogP contribution in [-0.4, -0.2) is 15.0 Å². The molecular formula is C7H15O3PS. The fourth-order valence-electron chi connectivity index (χ4n) is 1.62. The summed E-state index contributed by atoms with van der Waals surface area (Å²) in [5.74, 6) is 0.455. The van der Waals surface area contributed by atoms with E-state index in [0.717, 1.165) is 30.6 Å². The van der Waals surface area contributed by atoms with Crippen molar-refractivity contribution in [1.29, 1.82) is 0 Å². The Kier molecular flexibility index (Phi) is 3.65. The first kappa shape index (κ1) is 10.6. The minimum absolute atomic E-state index is 0.166. The van der Waals surface area contributed by atoms with Crippen molar-refractivity contribution < 1.29 is 14.4 Å². The molecule has 0 saturated heterocycles. The van der Waals surface area contributed by atoms with Gasteiger partial charge in [-0.05, 0) is 30.1 Å². The molecule has 72 valence electrons. The Morgan fingerprint density at radius 1 is 1.33 bits per heavy atom. The Morgan fingerprint density at radius 3 is 2.42 bits per heavy atom. The van der Waals surface area contributed by atoms with Gasteiger partial charge >= 0.3 is 6.80 Å². The van der Waals surface area contributed by atoms with Gasteiger partial charge in [0.2, 0.25) is 0 Å². The SMILES string of the molecule is CC1CCCCC1SP(=O)(O)O. The van der Waals surface area contributed by atoms with Crippen LogP contribution in [0.3, 0.4) is 0 Å². The smallest absolute Gasteiger partial charge is 0.317 e. The highest BCUT2D eigenvalue weighted by Gasteiger charge is 2.28. The summed E-state index contributed by atoms with van der Waals surface area (Å²) >= 11 is 0.852. The van der Waals surface area contributed by atoms with Crippen LogP contribution in [0, 0.1) is 5.92 Å². The molecule has 0 bridgehead atoms. The summed E-state index contributed by atoms with van der Waals surface area (Å²) in [6, 6.07) is 0. The monoisotopic (exact) mass is 210 g/mol. The molecule has 0 radical (unpaired) electrons. The second-order valence-electron chi connectivity index (χ2n) is 3.40. The van der Waals surface area contributed by atoms with Gasteiger partial charge in [-0.2, -0.15) is 0 Å². The Balaban J connectivity index is 2.44. The maximum atomic E-state index is 10.7. The van der Waals surface area contributed by atoms with E-state index >= 15 is 0 Å². The summed E-state index contributed by atoms with van der Waals surface area (Å²) in [6.07, 6.45) is 4.38. The van der Waals surface area contributed by atoms with E-state index in [0.29, 0.717) is 5.92 Å². The molecule has 0 heterocycles. The average molecular weight is 210 g/mol. The fourth-order valence-corrected chi connectivity index (χ4v) is 4.58. The van der Waals surface area contributed by atoms with Gasteiger partial charge in [0.1, 0.15) is 0 Å². The van der Waals surface area contributed by atoms with Crippen LogP contribution in [0.4, 0.5) is 0 Å². The second-order valence-corrected chi connectivity index (χ2v) is 7.25. The van der Waals surface area contributed by atoms with E-state index < -0.39 is 6.80 Å². The van der Waals surface area contributed by atoms with Gasteiger partial charge in [0, 0.05) is 5.25 Å². The molecule has 5 heteroatoms. The molecule has 2 atom stereocenters. The average Bonchev–Trinajstić information content (AvgIpc) is 1.91. The molecule has 1 rings (SSSR count). The van der Waals surface area contributed by atoms with E-state index in [-0.39, 0.29) is 5.25 Å². The molecule has 0 amide bonds. The lowest BCUT2D eigenvalue weighted by Gasteiger charge is -2.27. The fraction of sp³-hybridized carbons (Fsp3) is 1.00. The molecule has 3 nitrogen and oxygen atoms in total. The maximum absolute atomic E-state index is 10.7. The largest absolute Gasteiger partial charge is 0.384 e. The first-order chi connectivity index (χ1) is 5.49. The number of rotatable bonds is 2. The lowest BCUT2D eigenvalue weighted by molar-refractivity contribution is 0.385. The van der Waals surface area contributed by atoms with Crippen LogP contribution in [0.1, 0.15) is 32.6 Å². The topological polar surface area (TPSA) is 57.5 Å². The van der Waals surface area contributed by atoms with Crippen LogP contribution >= 0.6 is 18.2 Å². The van der Waals surface area contributed by atoms with E-state index in [1.54, 1.807) is 0 Å². The molecule has 1 fully saturated rings. The third-order valence-corrected chi connectivity index (χ3v) is 5.19. The van der Waals surface area contributed by atoms with Crippen molar-refractivity contribution in [2.75, 3.05) is 0 Å². The van der Waals surface area contributed by atoms with Crippen molar-refractivity contribution in [1.82, 2.24) is 0 Å². The van der Waals surface area contributed by atoms with Crippen LogP contribution in [0.15, 0.2) is 0 Å². The lowest BCUT2D eigenvalue weighted by atomic mass is 9.90. The van der Waals surface area contributed by atoms with E-state index in [1.807, 2.05) is 0 Å². The first-order valence-electron chi connectivity index (χ1n) is 4.23. The van der Waals surface area contributed by atoms with Gasteiger partial charge in [0.15, 0.2) is 0 Å². The normalized spacial score (nSPS) is 31.9. The van der Waals surface area contributed by atoms with E-state index in [4.69, 9.17) is 9.79 Å². The van der Waals surface area contributed by atoms with Crippen molar-refractivity contribution in [3.8, 4) is 0 Å².